The minimum Gasteiger partial charge on any atom is -0.381 e. The maximum atomic E-state index is 6.07. The van der Waals surface area contributed by atoms with Crippen LogP contribution >= 0.6 is 0 Å². The molecule has 1 saturated carbocycles. The fourth-order valence-corrected chi connectivity index (χ4v) is 4.42. The molecule has 1 aliphatic carbocycles. The van der Waals surface area contributed by atoms with Gasteiger partial charge in [-0.05, 0) is 69.4 Å². The molecule has 0 bridgehead atoms. The van der Waals surface area contributed by atoms with Crippen LogP contribution < -0.4 is 0 Å². The van der Waals surface area contributed by atoms with Crippen LogP contribution in [-0.2, 0) is 14.2 Å². The van der Waals surface area contributed by atoms with Crippen molar-refractivity contribution in [3.63, 3.8) is 0 Å². The van der Waals surface area contributed by atoms with Gasteiger partial charge in [0.1, 0.15) is 0 Å². The molecule has 0 N–H and O–H groups in total. The minimum atomic E-state index is 0.355. The molecule has 0 amide bonds. The molecule has 3 saturated heterocycles. The maximum Gasteiger partial charge on any atom is 0.0814 e. The van der Waals surface area contributed by atoms with Crippen LogP contribution in [0.1, 0.15) is 44.9 Å². The molecule has 4 heteroatoms. The Hall–Kier alpha value is -0.160. The van der Waals surface area contributed by atoms with Crippen molar-refractivity contribution in [2.75, 3.05) is 46.1 Å². The molecule has 1 atom stereocenters. The molecule has 0 radical (unpaired) electrons. The summed E-state index contributed by atoms with van der Waals surface area (Å²) in [6.07, 6.45) is 9.39. The fraction of sp³-hybridized carbons (Fsp3) is 1.00. The van der Waals surface area contributed by atoms with E-state index in [2.05, 4.69) is 4.90 Å². The number of rotatable bonds is 5. The Balaban J connectivity index is 1.20. The van der Waals surface area contributed by atoms with Gasteiger partial charge in [0, 0.05) is 25.9 Å². The van der Waals surface area contributed by atoms with E-state index < -0.39 is 0 Å². The summed E-state index contributed by atoms with van der Waals surface area (Å²) in [5.41, 5.74) is 0.454. The van der Waals surface area contributed by atoms with Crippen molar-refractivity contribution < 1.29 is 14.2 Å². The zero-order valence-electron chi connectivity index (χ0n) is 13.8. The van der Waals surface area contributed by atoms with Gasteiger partial charge in [-0.3, -0.25) is 0 Å². The van der Waals surface area contributed by atoms with Crippen molar-refractivity contribution in [1.29, 1.82) is 0 Å². The van der Waals surface area contributed by atoms with Gasteiger partial charge < -0.3 is 19.1 Å². The molecule has 4 rings (SSSR count). The molecule has 0 aromatic carbocycles. The lowest BCUT2D eigenvalue weighted by Gasteiger charge is -2.43. The van der Waals surface area contributed by atoms with Crippen molar-refractivity contribution in [3.8, 4) is 0 Å². The van der Waals surface area contributed by atoms with E-state index in [1.54, 1.807) is 0 Å². The zero-order chi connectivity index (χ0) is 14.8. The number of piperidine rings is 1. The molecular weight excluding hydrogens is 278 g/mol. The molecule has 126 valence electrons. The van der Waals surface area contributed by atoms with E-state index in [0.717, 1.165) is 45.0 Å². The molecule has 3 heterocycles. The van der Waals surface area contributed by atoms with Gasteiger partial charge >= 0.3 is 0 Å². The summed E-state index contributed by atoms with van der Waals surface area (Å²) in [4.78, 5) is 2.71. The Morgan fingerprint density at radius 3 is 2.50 bits per heavy atom. The highest BCUT2D eigenvalue weighted by atomic mass is 16.5. The second kappa shape index (κ2) is 6.76. The van der Waals surface area contributed by atoms with Crippen LogP contribution in [0.15, 0.2) is 0 Å². The summed E-state index contributed by atoms with van der Waals surface area (Å²) in [5, 5.41) is 0. The van der Waals surface area contributed by atoms with Crippen LogP contribution in [0.2, 0.25) is 0 Å². The molecule has 0 unspecified atom stereocenters. The Kier molecular flexibility index (Phi) is 4.72. The Morgan fingerprint density at radius 2 is 1.77 bits per heavy atom. The predicted octanol–water partition coefficient (Wildman–Crippen LogP) is 2.46. The summed E-state index contributed by atoms with van der Waals surface area (Å²) >= 11 is 0. The monoisotopic (exact) mass is 309 g/mol. The SMILES string of the molecule is C1CC(N2CCC3(CC2)CO[C@H](COCC2CC2)C3)CCO1. The van der Waals surface area contributed by atoms with Gasteiger partial charge in [0.25, 0.3) is 0 Å². The molecule has 1 spiro atoms. The van der Waals surface area contributed by atoms with Crippen molar-refractivity contribution in [3.05, 3.63) is 0 Å². The summed E-state index contributed by atoms with van der Waals surface area (Å²) in [6.45, 7) is 7.16. The minimum absolute atomic E-state index is 0.355. The number of ether oxygens (including phenoxy) is 3. The fourth-order valence-electron chi connectivity index (χ4n) is 4.42. The first-order valence-corrected chi connectivity index (χ1v) is 9.34. The van der Waals surface area contributed by atoms with Crippen LogP contribution in [0, 0.1) is 11.3 Å². The third-order valence-corrected chi connectivity index (χ3v) is 6.21. The van der Waals surface area contributed by atoms with E-state index in [1.807, 2.05) is 0 Å². The van der Waals surface area contributed by atoms with Gasteiger partial charge in [0.2, 0.25) is 0 Å². The first kappa shape index (κ1) is 15.4. The lowest BCUT2D eigenvalue weighted by Crippen LogP contribution is -2.47. The van der Waals surface area contributed by atoms with Gasteiger partial charge in [-0.15, -0.1) is 0 Å². The zero-order valence-corrected chi connectivity index (χ0v) is 13.8. The third-order valence-electron chi connectivity index (χ3n) is 6.21. The molecular formula is C18H31NO3. The highest BCUT2D eigenvalue weighted by molar-refractivity contribution is 4.94. The molecule has 4 fully saturated rings. The van der Waals surface area contributed by atoms with Gasteiger partial charge in [-0.2, -0.15) is 0 Å². The maximum absolute atomic E-state index is 6.07. The van der Waals surface area contributed by atoms with Crippen molar-refractivity contribution in [1.82, 2.24) is 4.90 Å². The Labute approximate surface area is 134 Å². The second-order valence-electron chi connectivity index (χ2n) is 8.00. The van der Waals surface area contributed by atoms with Crippen molar-refractivity contribution >= 4 is 0 Å². The van der Waals surface area contributed by atoms with Gasteiger partial charge in [0.15, 0.2) is 0 Å². The first-order valence-electron chi connectivity index (χ1n) is 9.34. The smallest absolute Gasteiger partial charge is 0.0814 e. The number of nitrogens with zero attached hydrogens (tertiary/aromatic N) is 1. The van der Waals surface area contributed by atoms with Crippen LogP contribution in [0.3, 0.4) is 0 Å². The lowest BCUT2D eigenvalue weighted by molar-refractivity contribution is -0.00278. The van der Waals surface area contributed by atoms with Crippen molar-refractivity contribution in [2.24, 2.45) is 11.3 Å². The second-order valence-corrected chi connectivity index (χ2v) is 8.00. The quantitative estimate of drug-likeness (QED) is 0.780. The summed E-state index contributed by atoms with van der Waals surface area (Å²) in [7, 11) is 0. The Morgan fingerprint density at radius 1 is 1.00 bits per heavy atom. The average molecular weight is 309 g/mol. The molecule has 3 aliphatic heterocycles. The van der Waals surface area contributed by atoms with Gasteiger partial charge in [-0.1, -0.05) is 0 Å². The molecule has 0 aromatic heterocycles. The molecule has 22 heavy (non-hydrogen) atoms. The highest BCUT2D eigenvalue weighted by Crippen LogP contribution is 2.43. The largest absolute Gasteiger partial charge is 0.381 e. The topological polar surface area (TPSA) is 30.9 Å². The van der Waals surface area contributed by atoms with Crippen LogP contribution in [0.25, 0.3) is 0 Å². The van der Waals surface area contributed by atoms with E-state index in [0.29, 0.717) is 11.5 Å². The number of hydrogen-bond donors (Lipinski definition) is 0. The molecule has 4 aliphatic rings. The third kappa shape index (κ3) is 3.66. The predicted molar refractivity (Wildman–Crippen MR) is 85.0 cm³/mol. The van der Waals surface area contributed by atoms with Gasteiger partial charge in [0.05, 0.1) is 19.3 Å². The summed E-state index contributed by atoms with van der Waals surface area (Å²) in [5.74, 6) is 0.859. The van der Waals surface area contributed by atoms with Crippen LogP contribution in [0.4, 0.5) is 0 Å². The average Bonchev–Trinajstić information content (AvgIpc) is 3.31. The molecule has 4 nitrogen and oxygen atoms in total. The highest BCUT2D eigenvalue weighted by Gasteiger charge is 2.43. The van der Waals surface area contributed by atoms with E-state index in [-0.39, 0.29) is 0 Å². The van der Waals surface area contributed by atoms with Crippen LogP contribution in [-0.4, -0.2) is 63.2 Å². The van der Waals surface area contributed by atoms with E-state index in [9.17, 15) is 0 Å². The first-order chi connectivity index (χ1) is 10.8. The van der Waals surface area contributed by atoms with Gasteiger partial charge in [-0.25, -0.2) is 0 Å². The van der Waals surface area contributed by atoms with E-state index in [1.165, 1.54) is 58.0 Å². The normalized spacial score (nSPS) is 33.5. The molecule has 0 aromatic rings. The van der Waals surface area contributed by atoms with Crippen molar-refractivity contribution in [2.45, 2.75) is 57.1 Å². The lowest BCUT2D eigenvalue weighted by atomic mass is 9.76. The Bertz CT molecular complexity index is 357. The summed E-state index contributed by atoms with van der Waals surface area (Å²) in [6, 6.07) is 0.770. The van der Waals surface area contributed by atoms with Crippen LogP contribution in [0.5, 0.6) is 0 Å². The van der Waals surface area contributed by atoms with E-state index in [4.69, 9.17) is 14.2 Å². The standard InChI is InChI=1S/C18H31NO3/c1-2-15(1)12-21-13-17-11-18(14-22-17)5-7-19(8-6-18)16-3-9-20-10-4-16/h15-17H,1-14H2/t17-/m0/s1. The summed E-state index contributed by atoms with van der Waals surface area (Å²) < 4.78 is 17.4. The number of hydrogen-bond acceptors (Lipinski definition) is 4. The number of likely N-dealkylation sites (tertiary alicyclic amines) is 1. The van der Waals surface area contributed by atoms with E-state index >= 15 is 0 Å².